The fraction of sp³-hybridized carbons (Fsp3) is 0.320. The fourth-order valence-electron chi connectivity index (χ4n) is 4.34. The second kappa shape index (κ2) is 9.68. The number of nitrogens with zero attached hydrogens (tertiary/aromatic N) is 3. The number of piperidine rings is 1. The maximum Gasteiger partial charge on any atom is 0.261 e. The molecule has 4 rings (SSSR count). The smallest absolute Gasteiger partial charge is 0.261 e. The number of benzene rings is 2. The molecule has 0 spiro atoms. The van der Waals surface area contributed by atoms with E-state index >= 15 is 0 Å². The normalized spacial score (nSPS) is 14.2. The summed E-state index contributed by atoms with van der Waals surface area (Å²) < 4.78 is 5.35. The van der Waals surface area contributed by atoms with Gasteiger partial charge in [0.05, 0.1) is 30.1 Å². The van der Waals surface area contributed by atoms with E-state index in [4.69, 9.17) is 4.74 Å². The zero-order chi connectivity index (χ0) is 22.5. The number of methoxy groups -OCH3 is 1. The van der Waals surface area contributed by atoms with Crippen LogP contribution in [0.4, 0.5) is 5.69 Å². The van der Waals surface area contributed by atoms with Crippen LogP contribution in [0.1, 0.15) is 52.1 Å². The number of para-hydroxylation sites is 2. The predicted octanol–water partition coefficient (Wildman–Crippen LogP) is 4.10. The minimum atomic E-state index is -0.0602. The van der Waals surface area contributed by atoms with Gasteiger partial charge < -0.3 is 14.5 Å². The highest BCUT2D eigenvalue weighted by Gasteiger charge is 2.30. The van der Waals surface area contributed by atoms with Gasteiger partial charge in [0.1, 0.15) is 5.75 Å². The first kappa shape index (κ1) is 21.6. The summed E-state index contributed by atoms with van der Waals surface area (Å²) >= 11 is 0. The van der Waals surface area contributed by atoms with Crippen molar-refractivity contribution in [3.05, 3.63) is 77.6 Å². The van der Waals surface area contributed by atoms with Crippen molar-refractivity contribution in [3.8, 4) is 5.75 Å². The number of amides is 2. The SMILES string of the molecule is CCN(C(=O)c1cn[nH]c1C1CCN(C(=O)c2ccccc2OC)CC1)c1ccccc1. The molecule has 1 aliphatic rings. The number of anilines is 1. The highest BCUT2D eigenvalue weighted by Crippen LogP contribution is 2.31. The number of aromatic amines is 1. The molecule has 0 radical (unpaired) electrons. The lowest BCUT2D eigenvalue weighted by molar-refractivity contribution is 0.0707. The van der Waals surface area contributed by atoms with E-state index in [0.717, 1.165) is 24.2 Å². The van der Waals surface area contributed by atoms with Crippen molar-refractivity contribution >= 4 is 17.5 Å². The van der Waals surface area contributed by atoms with Crippen LogP contribution in [0.3, 0.4) is 0 Å². The van der Waals surface area contributed by atoms with Crippen molar-refractivity contribution in [3.63, 3.8) is 0 Å². The molecule has 0 aliphatic carbocycles. The van der Waals surface area contributed by atoms with Crippen molar-refractivity contribution in [1.29, 1.82) is 0 Å². The van der Waals surface area contributed by atoms with Gasteiger partial charge in [0.2, 0.25) is 0 Å². The van der Waals surface area contributed by atoms with Crippen LogP contribution in [-0.2, 0) is 0 Å². The largest absolute Gasteiger partial charge is 0.496 e. The zero-order valence-electron chi connectivity index (χ0n) is 18.5. The Bertz CT molecular complexity index is 1070. The van der Waals surface area contributed by atoms with E-state index in [2.05, 4.69) is 10.2 Å². The maximum absolute atomic E-state index is 13.3. The van der Waals surface area contributed by atoms with Crippen LogP contribution in [-0.4, -0.2) is 53.7 Å². The van der Waals surface area contributed by atoms with E-state index in [1.165, 1.54) is 0 Å². The molecule has 1 saturated heterocycles. The third-order valence-corrected chi connectivity index (χ3v) is 6.06. The number of likely N-dealkylation sites (tertiary alicyclic amines) is 1. The van der Waals surface area contributed by atoms with Gasteiger partial charge in [0, 0.05) is 31.2 Å². The number of rotatable bonds is 6. The van der Waals surface area contributed by atoms with Gasteiger partial charge in [-0.1, -0.05) is 30.3 Å². The van der Waals surface area contributed by atoms with E-state index in [1.807, 2.05) is 54.3 Å². The summed E-state index contributed by atoms with van der Waals surface area (Å²) in [6.45, 7) is 3.76. The first-order valence-corrected chi connectivity index (χ1v) is 11.0. The van der Waals surface area contributed by atoms with Gasteiger partial charge >= 0.3 is 0 Å². The molecule has 1 aliphatic heterocycles. The zero-order valence-corrected chi connectivity index (χ0v) is 18.5. The summed E-state index contributed by atoms with van der Waals surface area (Å²) in [7, 11) is 1.57. The molecule has 0 saturated carbocycles. The van der Waals surface area contributed by atoms with E-state index in [-0.39, 0.29) is 17.7 Å². The Balaban J connectivity index is 1.47. The van der Waals surface area contributed by atoms with Crippen molar-refractivity contribution in [2.75, 3.05) is 31.6 Å². The minimum Gasteiger partial charge on any atom is -0.496 e. The number of H-pyrrole nitrogens is 1. The first-order chi connectivity index (χ1) is 15.6. The van der Waals surface area contributed by atoms with Crippen LogP contribution in [0.25, 0.3) is 0 Å². The Hall–Kier alpha value is -3.61. The Morgan fingerprint density at radius 2 is 1.75 bits per heavy atom. The van der Waals surface area contributed by atoms with Gasteiger partial charge in [-0.15, -0.1) is 0 Å². The molecule has 2 aromatic carbocycles. The summed E-state index contributed by atoms with van der Waals surface area (Å²) in [5, 5.41) is 7.24. The van der Waals surface area contributed by atoms with Crippen LogP contribution in [0.2, 0.25) is 0 Å². The minimum absolute atomic E-state index is 0.0250. The summed E-state index contributed by atoms with van der Waals surface area (Å²) in [5.74, 6) is 0.646. The molecular weight excluding hydrogens is 404 g/mol. The lowest BCUT2D eigenvalue weighted by atomic mass is 9.90. The monoisotopic (exact) mass is 432 g/mol. The third-order valence-electron chi connectivity index (χ3n) is 6.06. The second-order valence-electron chi connectivity index (χ2n) is 7.85. The van der Waals surface area contributed by atoms with Crippen molar-refractivity contribution in [1.82, 2.24) is 15.1 Å². The van der Waals surface area contributed by atoms with Crippen molar-refractivity contribution in [2.24, 2.45) is 0 Å². The van der Waals surface area contributed by atoms with Gasteiger partial charge in [-0.3, -0.25) is 14.7 Å². The first-order valence-electron chi connectivity index (χ1n) is 11.0. The van der Waals surface area contributed by atoms with Gasteiger partial charge in [-0.25, -0.2) is 0 Å². The Kier molecular flexibility index (Phi) is 6.54. The molecule has 2 amide bonds. The highest BCUT2D eigenvalue weighted by molar-refractivity contribution is 6.06. The number of carbonyl (C=O) groups excluding carboxylic acids is 2. The fourth-order valence-corrected chi connectivity index (χ4v) is 4.34. The van der Waals surface area contributed by atoms with Crippen LogP contribution in [0.15, 0.2) is 60.8 Å². The molecule has 7 heteroatoms. The molecule has 32 heavy (non-hydrogen) atoms. The standard InChI is InChI=1S/C25H28N4O3/c1-3-29(19-9-5-4-6-10-19)25(31)21-17-26-27-23(21)18-13-15-28(16-14-18)24(30)20-11-7-8-12-22(20)32-2/h4-12,17-18H,3,13-16H2,1-2H3,(H,26,27). The quantitative estimate of drug-likeness (QED) is 0.636. The van der Waals surface area contributed by atoms with Gasteiger partial charge in [0.15, 0.2) is 0 Å². The summed E-state index contributed by atoms with van der Waals surface area (Å²) in [6.07, 6.45) is 3.15. The Morgan fingerprint density at radius 3 is 2.44 bits per heavy atom. The molecule has 0 bridgehead atoms. The molecule has 1 aromatic heterocycles. The molecule has 0 unspecified atom stereocenters. The van der Waals surface area contributed by atoms with Crippen molar-refractivity contribution < 1.29 is 14.3 Å². The molecule has 1 N–H and O–H groups in total. The summed E-state index contributed by atoms with van der Waals surface area (Å²) in [5.41, 5.74) is 2.90. The molecule has 0 atom stereocenters. The van der Waals surface area contributed by atoms with E-state index in [1.54, 1.807) is 30.3 Å². The summed E-state index contributed by atoms with van der Waals surface area (Å²) in [6, 6.07) is 16.9. The van der Waals surface area contributed by atoms with Gasteiger partial charge in [0.25, 0.3) is 11.8 Å². The lowest BCUT2D eigenvalue weighted by Crippen LogP contribution is -2.38. The number of nitrogens with one attached hydrogen (secondary N) is 1. The number of carbonyl (C=O) groups is 2. The van der Waals surface area contributed by atoms with Crippen LogP contribution >= 0.6 is 0 Å². The van der Waals surface area contributed by atoms with Crippen LogP contribution in [0, 0.1) is 0 Å². The molecule has 1 fully saturated rings. The molecule has 7 nitrogen and oxygen atoms in total. The van der Waals surface area contributed by atoms with E-state index in [9.17, 15) is 9.59 Å². The lowest BCUT2D eigenvalue weighted by Gasteiger charge is -2.32. The molecular formula is C25H28N4O3. The second-order valence-corrected chi connectivity index (χ2v) is 7.85. The Morgan fingerprint density at radius 1 is 1.06 bits per heavy atom. The molecule has 2 heterocycles. The van der Waals surface area contributed by atoms with E-state index in [0.29, 0.717) is 36.5 Å². The number of hydrogen-bond acceptors (Lipinski definition) is 4. The average molecular weight is 433 g/mol. The predicted molar refractivity (Wildman–Crippen MR) is 123 cm³/mol. The van der Waals surface area contributed by atoms with Gasteiger partial charge in [-0.2, -0.15) is 5.10 Å². The van der Waals surface area contributed by atoms with Crippen LogP contribution in [0.5, 0.6) is 5.75 Å². The molecule has 3 aromatic rings. The Labute approximate surface area is 188 Å². The third kappa shape index (κ3) is 4.23. The van der Waals surface area contributed by atoms with Gasteiger partial charge in [-0.05, 0) is 44.0 Å². The number of ether oxygens (including phenoxy) is 1. The van der Waals surface area contributed by atoms with Crippen LogP contribution < -0.4 is 9.64 Å². The summed E-state index contributed by atoms with van der Waals surface area (Å²) in [4.78, 5) is 29.9. The van der Waals surface area contributed by atoms with Crippen molar-refractivity contribution in [2.45, 2.75) is 25.7 Å². The average Bonchev–Trinajstić information content (AvgIpc) is 3.35. The maximum atomic E-state index is 13.3. The number of hydrogen-bond donors (Lipinski definition) is 1. The highest BCUT2D eigenvalue weighted by atomic mass is 16.5. The molecule has 166 valence electrons. The number of aromatic nitrogens is 2. The van der Waals surface area contributed by atoms with E-state index < -0.39 is 0 Å². The topological polar surface area (TPSA) is 78.5 Å².